The molecule has 0 heterocycles. The van der Waals surface area contributed by atoms with E-state index < -0.39 is 0 Å². The molecule has 0 aliphatic carbocycles. The lowest BCUT2D eigenvalue weighted by Crippen LogP contribution is -2.15. The molecule has 0 saturated carbocycles. The Morgan fingerprint density at radius 1 is 1.47 bits per heavy atom. The van der Waals surface area contributed by atoms with E-state index in [4.69, 9.17) is 11.6 Å². The first-order valence-corrected chi connectivity index (χ1v) is 7.44. The molecule has 0 radical (unpaired) electrons. The zero-order chi connectivity index (χ0) is 11.1. The Hall–Kier alpha value is 0.300. The average molecular weight is 309 g/mol. The van der Waals surface area contributed by atoms with Gasteiger partial charge in [-0.05, 0) is 58.6 Å². The van der Waals surface area contributed by atoms with Crippen LogP contribution in [-0.2, 0) is 6.54 Å². The second-order valence-corrected chi connectivity index (χ2v) is 5.52. The molecule has 15 heavy (non-hydrogen) atoms. The molecule has 1 aromatic rings. The summed E-state index contributed by atoms with van der Waals surface area (Å²) in [6, 6.07) is 6.06. The first-order chi connectivity index (χ1) is 7.24. The van der Waals surface area contributed by atoms with Crippen molar-refractivity contribution in [3.05, 3.63) is 33.3 Å². The third kappa shape index (κ3) is 5.25. The predicted octanol–water partition coefficient (Wildman–Crippen LogP) is 3.95. The minimum atomic E-state index is 0.776. The molecule has 0 spiro atoms. The molecule has 0 aromatic heterocycles. The van der Waals surface area contributed by atoms with Crippen LogP contribution in [0.1, 0.15) is 12.0 Å². The van der Waals surface area contributed by atoms with E-state index in [1.54, 1.807) is 0 Å². The van der Waals surface area contributed by atoms with E-state index in [0.29, 0.717) is 0 Å². The van der Waals surface area contributed by atoms with Gasteiger partial charge in [0.25, 0.3) is 0 Å². The summed E-state index contributed by atoms with van der Waals surface area (Å²) >= 11 is 11.3. The number of halogens is 2. The molecule has 1 rings (SSSR count). The van der Waals surface area contributed by atoms with Crippen LogP contribution in [0.4, 0.5) is 0 Å². The third-order valence-corrected chi connectivity index (χ3v) is 3.94. The Morgan fingerprint density at radius 3 is 2.93 bits per heavy atom. The molecule has 0 atom stereocenters. The monoisotopic (exact) mass is 307 g/mol. The van der Waals surface area contributed by atoms with E-state index in [9.17, 15) is 0 Å². The first kappa shape index (κ1) is 13.4. The Bertz CT molecular complexity index is 307. The van der Waals surface area contributed by atoms with Gasteiger partial charge in [0.15, 0.2) is 0 Å². The number of rotatable bonds is 6. The van der Waals surface area contributed by atoms with Crippen LogP contribution in [0.5, 0.6) is 0 Å². The van der Waals surface area contributed by atoms with E-state index >= 15 is 0 Å². The molecule has 0 unspecified atom stereocenters. The van der Waals surface area contributed by atoms with Gasteiger partial charge in [-0.25, -0.2) is 0 Å². The molecule has 1 aromatic carbocycles. The number of nitrogens with one attached hydrogen (secondary N) is 1. The maximum absolute atomic E-state index is 6.00. The lowest BCUT2D eigenvalue weighted by Gasteiger charge is -2.05. The molecule has 1 nitrogen and oxygen atoms in total. The lowest BCUT2D eigenvalue weighted by atomic mass is 10.2. The van der Waals surface area contributed by atoms with Gasteiger partial charge in [-0.1, -0.05) is 17.7 Å². The van der Waals surface area contributed by atoms with Gasteiger partial charge < -0.3 is 5.32 Å². The molecule has 0 aliphatic rings. The largest absolute Gasteiger partial charge is 0.313 e. The van der Waals surface area contributed by atoms with Crippen LogP contribution in [0.15, 0.2) is 22.7 Å². The van der Waals surface area contributed by atoms with Gasteiger partial charge in [0.05, 0.1) is 5.02 Å². The van der Waals surface area contributed by atoms with Gasteiger partial charge in [0.2, 0.25) is 0 Å². The molecule has 4 heteroatoms. The summed E-state index contributed by atoms with van der Waals surface area (Å²) in [5, 5.41) is 4.17. The van der Waals surface area contributed by atoms with E-state index in [1.807, 2.05) is 23.9 Å². The summed E-state index contributed by atoms with van der Waals surface area (Å²) < 4.78 is 0.954. The fourth-order valence-electron chi connectivity index (χ4n) is 1.22. The number of benzene rings is 1. The summed E-state index contributed by atoms with van der Waals surface area (Å²) in [6.07, 6.45) is 3.35. The molecular formula is C11H15BrClNS. The van der Waals surface area contributed by atoms with E-state index in [-0.39, 0.29) is 0 Å². The van der Waals surface area contributed by atoms with Gasteiger partial charge in [-0.2, -0.15) is 11.8 Å². The summed E-state index contributed by atoms with van der Waals surface area (Å²) in [5.74, 6) is 1.22. The van der Waals surface area contributed by atoms with Crippen molar-refractivity contribution in [3.8, 4) is 0 Å². The van der Waals surface area contributed by atoms with Crippen molar-refractivity contribution in [2.75, 3.05) is 18.6 Å². The van der Waals surface area contributed by atoms with Crippen molar-refractivity contribution in [1.82, 2.24) is 5.32 Å². The highest BCUT2D eigenvalue weighted by molar-refractivity contribution is 9.10. The van der Waals surface area contributed by atoms with Gasteiger partial charge >= 0.3 is 0 Å². The third-order valence-electron chi connectivity index (χ3n) is 2.02. The van der Waals surface area contributed by atoms with Gasteiger partial charge in [-0.15, -0.1) is 0 Å². The zero-order valence-corrected chi connectivity index (χ0v) is 11.9. The van der Waals surface area contributed by atoms with Crippen LogP contribution in [0.3, 0.4) is 0 Å². The van der Waals surface area contributed by atoms with Gasteiger partial charge in [0.1, 0.15) is 0 Å². The van der Waals surface area contributed by atoms with E-state index in [1.165, 1.54) is 17.7 Å². The number of hydrogen-bond acceptors (Lipinski definition) is 2. The number of hydrogen-bond donors (Lipinski definition) is 1. The Morgan fingerprint density at radius 2 is 2.27 bits per heavy atom. The SMILES string of the molecule is CSCCCNCc1ccc(Br)c(Cl)c1. The fourth-order valence-corrected chi connectivity index (χ4v) is 2.11. The van der Waals surface area contributed by atoms with Crippen molar-refractivity contribution in [3.63, 3.8) is 0 Å². The van der Waals surface area contributed by atoms with Crippen LogP contribution in [0.2, 0.25) is 5.02 Å². The van der Waals surface area contributed by atoms with E-state index in [2.05, 4.69) is 33.6 Å². The van der Waals surface area contributed by atoms with Crippen LogP contribution in [0.25, 0.3) is 0 Å². The normalized spacial score (nSPS) is 10.6. The highest BCUT2D eigenvalue weighted by atomic mass is 79.9. The standard InChI is InChI=1S/C11H15BrClNS/c1-15-6-2-5-14-8-9-3-4-10(12)11(13)7-9/h3-4,7,14H,2,5-6,8H2,1H3. The Labute approximate surface area is 109 Å². The minimum Gasteiger partial charge on any atom is -0.313 e. The zero-order valence-electron chi connectivity index (χ0n) is 8.72. The van der Waals surface area contributed by atoms with Gasteiger partial charge in [0, 0.05) is 11.0 Å². The molecule has 84 valence electrons. The summed E-state index contributed by atoms with van der Waals surface area (Å²) in [4.78, 5) is 0. The average Bonchev–Trinajstić information content (AvgIpc) is 2.23. The second kappa shape index (κ2) is 7.55. The smallest absolute Gasteiger partial charge is 0.0551 e. The fraction of sp³-hybridized carbons (Fsp3) is 0.455. The lowest BCUT2D eigenvalue weighted by molar-refractivity contribution is 0.679. The maximum atomic E-state index is 6.00. The first-order valence-electron chi connectivity index (χ1n) is 4.87. The second-order valence-electron chi connectivity index (χ2n) is 3.27. The highest BCUT2D eigenvalue weighted by Gasteiger charge is 1.98. The van der Waals surface area contributed by atoms with Crippen molar-refractivity contribution in [2.24, 2.45) is 0 Å². The summed E-state index contributed by atoms with van der Waals surface area (Å²) in [6.45, 7) is 1.95. The highest BCUT2D eigenvalue weighted by Crippen LogP contribution is 2.22. The molecular weight excluding hydrogens is 294 g/mol. The molecule has 0 amide bonds. The quantitative estimate of drug-likeness (QED) is 0.799. The van der Waals surface area contributed by atoms with Crippen molar-refractivity contribution in [1.29, 1.82) is 0 Å². The van der Waals surface area contributed by atoms with Crippen LogP contribution < -0.4 is 5.32 Å². The predicted molar refractivity (Wildman–Crippen MR) is 73.9 cm³/mol. The molecule has 0 saturated heterocycles. The topological polar surface area (TPSA) is 12.0 Å². The van der Waals surface area contributed by atoms with Crippen molar-refractivity contribution < 1.29 is 0 Å². The van der Waals surface area contributed by atoms with Crippen LogP contribution in [-0.4, -0.2) is 18.6 Å². The van der Waals surface area contributed by atoms with Crippen molar-refractivity contribution in [2.45, 2.75) is 13.0 Å². The molecule has 0 bridgehead atoms. The summed E-state index contributed by atoms with van der Waals surface area (Å²) in [5.41, 5.74) is 1.23. The molecule has 0 aliphatic heterocycles. The van der Waals surface area contributed by atoms with Crippen LogP contribution >= 0.6 is 39.3 Å². The molecule has 0 fully saturated rings. The van der Waals surface area contributed by atoms with Crippen LogP contribution in [0, 0.1) is 0 Å². The Kier molecular flexibility index (Phi) is 6.73. The Balaban J connectivity index is 2.28. The minimum absolute atomic E-state index is 0.776. The van der Waals surface area contributed by atoms with Gasteiger partial charge in [-0.3, -0.25) is 0 Å². The molecule has 1 N–H and O–H groups in total. The maximum Gasteiger partial charge on any atom is 0.0551 e. The van der Waals surface area contributed by atoms with Crippen molar-refractivity contribution >= 4 is 39.3 Å². The summed E-state index contributed by atoms with van der Waals surface area (Å²) in [7, 11) is 0. The number of thioether (sulfide) groups is 1. The van der Waals surface area contributed by atoms with E-state index in [0.717, 1.165) is 22.6 Å².